The van der Waals surface area contributed by atoms with Crippen LogP contribution in [0.1, 0.15) is 15.4 Å². The summed E-state index contributed by atoms with van der Waals surface area (Å²) in [5.74, 6) is -0.158. The molecule has 1 N–H and O–H groups in total. The number of carbonyl (C=O) groups is 1. The molecule has 0 unspecified atom stereocenters. The summed E-state index contributed by atoms with van der Waals surface area (Å²) in [5, 5.41) is 6.05. The SMILES string of the molecule is O=C(NCc1nccs1)c1ccc(Br)c(Cl)c1. The third-order valence-electron chi connectivity index (χ3n) is 2.07. The lowest BCUT2D eigenvalue weighted by Crippen LogP contribution is -2.22. The van der Waals surface area contributed by atoms with Crippen molar-refractivity contribution in [1.82, 2.24) is 10.3 Å². The minimum absolute atomic E-state index is 0.158. The summed E-state index contributed by atoms with van der Waals surface area (Å²) >= 11 is 10.7. The maximum atomic E-state index is 11.8. The Labute approximate surface area is 116 Å². The van der Waals surface area contributed by atoms with Crippen LogP contribution < -0.4 is 5.32 Å². The van der Waals surface area contributed by atoms with Crippen molar-refractivity contribution < 1.29 is 4.79 Å². The van der Waals surface area contributed by atoms with Gasteiger partial charge in [0.1, 0.15) is 5.01 Å². The summed E-state index contributed by atoms with van der Waals surface area (Å²) in [5.41, 5.74) is 0.537. The standard InChI is InChI=1S/C11H8BrClN2OS/c12-8-2-1-7(5-9(8)13)11(16)15-6-10-14-3-4-17-10/h1-5H,6H2,(H,15,16). The second-order valence-electron chi connectivity index (χ2n) is 3.24. The molecule has 0 saturated heterocycles. The van der Waals surface area contributed by atoms with E-state index in [0.29, 0.717) is 17.1 Å². The highest BCUT2D eigenvalue weighted by molar-refractivity contribution is 9.10. The number of amides is 1. The third kappa shape index (κ3) is 3.28. The Morgan fingerprint density at radius 2 is 2.35 bits per heavy atom. The maximum absolute atomic E-state index is 11.8. The van der Waals surface area contributed by atoms with Gasteiger partial charge in [-0.25, -0.2) is 4.98 Å². The Kier molecular flexibility index (Phi) is 4.15. The smallest absolute Gasteiger partial charge is 0.251 e. The Hall–Kier alpha value is -0.910. The molecule has 2 aromatic rings. The molecular formula is C11H8BrClN2OS. The molecule has 0 aliphatic rings. The molecular weight excluding hydrogens is 324 g/mol. The fraction of sp³-hybridized carbons (Fsp3) is 0.0909. The van der Waals surface area contributed by atoms with Crippen LogP contribution >= 0.6 is 38.9 Å². The molecule has 0 atom stereocenters. The van der Waals surface area contributed by atoms with E-state index < -0.39 is 0 Å². The fourth-order valence-electron chi connectivity index (χ4n) is 1.24. The molecule has 1 heterocycles. The van der Waals surface area contributed by atoms with E-state index in [4.69, 9.17) is 11.6 Å². The Bertz CT molecular complexity index is 530. The lowest BCUT2D eigenvalue weighted by molar-refractivity contribution is 0.0951. The molecule has 88 valence electrons. The van der Waals surface area contributed by atoms with Crippen molar-refractivity contribution in [3.63, 3.8) is 0 Å². The van der Waals surface area contributed by atoms with Crippen LogP contribution in [0.5, 0.6) is 0 Å². The average Bonchev–Trinajstić information content (AvgIpc) is 2.82. The van der Waals surface area contributed by atoms with Crippen molar-refractivity contribution in [2.45, 2.75) is 6.54 Å². The first-order valence-electron chi connectivity index (χ1n) is 4.78. The van der Waals surface area contributed by atoms with Crippen LogP contribution in [0.4, 0.5) is 0 Å². The summed E-state index contributed by atoms with van der Waals surface area (Å²) in [4.78, 5) is 15.9. The number of halogens is 2. The Morgan fingerprint density at radius 1 is 1.53 bits per heavy atom. The first-order chi connectivity index (χ1) is 8.16. The van der Waals surface area contributed by atoms with E-state index in [-0.39, 0.29) is 5.91 Å². The van der Waals surface area contributed by atoms with E-state index in [9.17, 15) is 4.79 Å². The first kappa shape index (κ1) is 12.5. The van der Waals surface area contributed by atoms with Crippen LogP contribution in [0, 0.1) is 0 Å². The number of aromatic nitrogens is 1. The molecule has 1 aromatic heterocycles. The highest BCUT2D eigenvalue weighted by atomic mass is 79.9. The molecule has 0 spiro atoms. The largest absolute Gasteiger partial charge is 0.346 e. The van der Waals surface area contributed by atoms with Gasteiger partial charge in [-0.2, -0.15) is 0 Å². The molecule has 1 aromatic carbocycles. The molecule has 2 rings (SSSR count). The summed E-state index contributed by atoms with van der Waals surface area (Å²) in [7, 11) is 0. The lowest BCUT2D eigenvalue weighted by Gasteiger charge is -2.04. The van der Waals surface area contributed by atoms with Gasteiger partial charge in [0.25, 0.3) is 5.91 Å². The molecule has 0 fully saturated rings. The number of rotatable bonds is 3. The number of hydrogen-bond acceptors (Lipinski definition) is 3. The monoisotopic (exact) mass is 330 g/mol. The average molecular weight is 332 g/mol. The van der Waals surface area contributed by atoms with Crippen LogP contribution in [0.15, 0.2) is 34.2 Å². The van der Waals surface area contributed by atoms with Crippen molar-refractivity contribution in [2.75, 3.05) is 0 Å². The zero-order valence-corrected chi connectivity index (χ0v) is 11.8. The Balaban J connectivity index is 2.02. The number of carbonyl (C=O) groups excluding carboxylic acids is 1. The van der Waals surface area contributed by atoms with Gasteiger partial charge in [-0.1, -0.05) is 11.6 Å². The number of benzene rings is 1. The van der Waals surface area contributed by atoms with Gasteiger partial charge in [-0.05, 0) is 34.1 Å². The van der Waals surface area contributed by atoms with E-state index in [0.717, 1.165) is 9.48 Å². The third-order valence-corrected chi connectivity index (χ3v) is 4.08. The van der Waals surface area contributed by atoms with Crippen molar-refractivity contribution >= 4 is 44.8 Å². The van der Waals surface area contributed by atoms with Crippen molar-refractivity contribution in [3.8, 4) is 0 Å². The fourth-order valence-corrected chi connectivity index (χ4v) is 2.22. The lowest BCUT2D eigenvalue weighted by atomic mass is 10.2. The van der Waals surface area contributed by atoms with Gasteiger partial charge in [0.15, 0.2) is 0 Å². The van der Waals surface area contributed by atoms with Crippen LogP contribution in [-0.2, 0) is 6.54 Å². The van der Waals surface area contributed by atoms with E-state index >= 15 is 0 Å². The Morgan fingerprint density at radius 3 is 3.00 bits per heavy atom. The number of nitrogens with zero attached hydrogens (tertiary/aromatic N) is 1. The van der Waals surface area contributed by atoms with E-state index in [1.165, 1.54) is 11.3 Å². The molecule has 17 heavy (non-hydrogen) atoms. The van der Waals surface area contributed by atoms with Gasteiger partial charge < -0.3 is 5.32 Å². The summed E-state index contributed by atoms with van der Waals surface area (Å²) in [6.07, 6.45) is 1.71. The van der Waals surface area contributed by atoms with Crippen LogP contribution in [-0.4, -0.2) is 10.9 Å². The van der Waals surface area contributed by atoms with Crippen molar-refractivity contribution in [2.24, 2.45) is 0 Å². The van der Waals surface area contributed by atoms with Crippen LogP contribution in [0.2, 0.25) is 5.02 Å². The van der Waals surface area contributed by atoms with Crippen LogP contribution in [0.3, 0.4) is 0 Å². The van der Waals surface area contributed by atoms with Crippen molar-refractivity contribution in [3.05, 3.63) is 49.8 Å². The number of nitrogens with one attached hydrogen (secondary N) is 1. The van der Waals surface area contributed by atoms with E-state index in [1.54, 1.807) is 24.4 Å². The number of thiazole rings is 1. The molecule has 0 bridgehead atoms. The summed E-state index contributed by atoms with van der Waals surface area (Å²) in [6.45, 7) is 0.435. The molecule has 0 aliphatic heterocycles. The van der Waals surface area contributed by atoms with Gasteiger partial charge in [-0.3, -0.25) is 4.79 Å². The molecule has 3 nitrogen and oxygen atoms in total. The zero-order valence-electron chi connectivity index (χ0n) is 8.61. The van der Waals surface area contributed by atoms with E-state index in [2.05, 4.69) is 26.2 Å². The molecule has 0 radical (unpaired) electrons. The second kappa shape index (κ2) is 5.62. The van der Waals surface area contributed by atoms with Crippen molar-refractivity contribution in [1.29, 1.82) is 0 Å². The predicted octanol–water partition coefficient (Wildman–Crippen LogP) is 3.49. The predicted molar refractivity (Wildman–Crippen MR) is 72.4 cm³/mol. The van der Waals surface area contributed by atoms with Gasteiger partial charge in [0.2, 0.25) is 0 Å². The molecule has 0 saturated carbocycles. The molecule has 0 aliphatic carbocycles. The minimum Gasteiger partial charge on any atom is -0.346 e. The van der Waals surface area contributed by atoms with Gasteiger partial charge >= 0.3 is 0 Å². The van der Waals surface area contributed by atoms with Gasteiger partial charge in [0, 0.05) is 21.6 Å². The topological polar surface area (TPSA) is 42.0 Å². The highest BCUT2D eigenvalue weighted by Gasteiger charge is 2.08. The van der Waals surface area contributed by atoms with E-state index in [1.807, 2.05) is 5.38 Å². The second-order valence-corrected chi connectivity index (χ2v) is 5.48. The van der Waals surface area contributed by atoms with Crippen LogP contribution in [0.25, 0.3) is 0 Å². The maximum Gasteiger partial charge on any atom is 0.251 e. The normalized spacial score (nSPS) is 10.2. The van der Waals surface area contributed by atoms with Gasteiger partial charge in [-0.15, -0.1) is 11.3 Å². The van der Waals surface area contributed by atoms with Gasteiger partial charge in [0.05, 0.1) is 11.6 Å². The summed E-state index contributed by atoms with van der Waals surface area (Å²) < 4.78 is 0.774. The number of hydrogen-bond donors (Lipinski definition) is 1. The molecule has 6 heteroatoms. The quantitative estimate of drug-likeness (QED) is 0.935. The first-order valence-corrected chi connectivity index (χ1v) is 6.83. The highest BCUT2D eigenvalue weighted by Crippen LogP contribution is 2.23. The minimum atomic E-state index is -0.158. The molecule has 1 amide bonds. The zero-order chi connectivity index (χ0) is 12.3. The summed E-state index contributed by atoms with van der Waals surface area (Å²) in [6, 6.07) is 5.09.